The fourth-order valence-electron chi connectivity index (χ4n) is 0.413. The molecule has 0 saturated carbocycles. The minimum absolute atomic E-state index is 0.348. The maximum Gasteiger partial charge on any atom is 0.208 e. The van der Waals surface area contributed by atoms with E-state index in [0.29, 0.717) is 18.4 Å². The van der Waals surface area contributed by atoms with Crippen LogP contribution in [-0.2, 0) is 9.57 Å². The van der Waals surface area contributed by atoms with Gasteiger partial charge in [0, 0.05) is 0 Å². The molecule has 0 unspecified atom stereocenters. The monoisotopic (exact) mass is 157 g/mol. The van der Waals surface area contributed by atoms with E-state index in [1.54, 1.807) is 0 Å². The van der Waals surface area contributed by atoms with Crippen LogP contribution in [0.4, 0.5) is 0 Å². The lowest BCUT2D eigenvalue weighted by Gasteiger charge is -2.09. The van der Waals surface area contributed by atoms with Crippen LogP contribution in [-0.4, -0.2) is 6.61 Å². The lowest BCUT2D eigenvalue weighted by atomic mass is 10.2. The van der Waals surface area contributed by atoms with Gasteiger partial charge in [0.1, 0.15) is 0 Å². The molecule has 0 saturated heterocycles. The fraction of sp³-hybridized carbons (Fsp3) is 0.500. The normalized spacial score (nSPS) is 9.36. The van der Waals surface area contributed by atoms with Crippen molar-refractivity contribution < 1.29 is 9.57 Å². The zero-order valence-corrected chi connectivity index (χ0v) is 7.09. The molecule has 0 amide bonds. The molecule has 0 aliphatic heterocycles. The first-order chi connectivity index (χ1) is 5.16. The van der Waals surface area contributed by atoms with Crippen molar-refractivity contribution in [3.05, 3.63) is 25.3 Å². The molecule has 0 aromatic heterocycles. The Kier molecular flexibility index (Phi) is 5.29. The first-order valence-electron chi connectivity index (χ1n) is 3.51. The molecule has 0 aliphatic carbocycles. The van der Waals surface area contributed by atoms with E-state index >= 15 is 0 Å². The zero-order chi connectivity index (χ0) is 8.69. The molecule has 0 atom stereocenters. The minimum atomic E-state index is 0.348. The van der Waals surface area contributed by atoms with Gasteiger partial charge in [-0.25, -0.2) is 5.48 Å². The number of nitrogens with one attached hydrogen (secondary N) is 1. The van der Waals surface area contributed by atoms with Crippen LogP contribution in [0.2, 0.25) is 0 Å². The number of ether oxygens (including phenoxy) is 1. The van der Waals surface area contributed by atoms with Gasteiger partial charge in [0.25, 0.3) is 0 Å². The molecule has 3 heteroatoms. The minimum Gasteiger partial charge on any atom is -0.448 e. The van der Waals surface area contributed by atoms with Crippen LogP contribution in [0.15, 0.2) is 25.3 Å². The highest BCUT2D eigenvalue weighted by Gasteiger charge is 1.94. The summed E-state index contributed by atoms with van der Waals surface area (Å²) in [6.07, 6.45) is 1.29. The second kappa shape index (κ2) is 5.80. The van der Waals surface area contributed by atoms with Crippen LogP contribution in [0.1, 0.15) is 13.8 Å². The third-order valence-electron chi connectivity index (χ3n) is 0.828. The summed E-state index contributed by atoms with van der Waals surface area (Å²) in [7, 11) is 0. The average molecular weight is 157 g/mol. The molecule has 3 nitrogen and oxygen atoms in total. The average Bonchev–Trinajstić information content (AvgIpc) is 1.87. The van der Waals surface area contributed by atoms with E-state index in [2.05, 4.69) is 32.5 Å². The first kappa shape index (κ1) is 10.0. The van der Waals surface area contributed by atoms with E-state index in [9.17, 15) is 0 Å². The van der Waals surface area contributed by atoms with Crippen molar-refractivity contribution in [2.24, 2.45) is 5.92 Å². The highest BCUT2D eigenvalue weighted by molar-refractivity contribution is 4.76. The first-order valence-corrected chi connectivity index (χ1v) is 3.51. The molecule has 0 aromatic carbocycles. The molecule has 64 valence electrons. The number of hydrogen-bond acceptors (Lipinski definition) is 3. The summed E-state index contributed by atoms with van der Waals surface area (Å²) >= 11 is 0. The predicted molar refractivity (Wildman–Crippen MR) is 44.3 cm³/mol. The van der Waals surface area contributed by atoms with Crippen LogP contribution in [0.5, 0.6) is 0 Å². The Bertz CT molecular complexity index is 132. The maximum atomic E-state index is 4.99. The van der Waals surface area contributed by atoms with E-state index in [4.69, 9.17) is 9.57 Å². The summed E-state index contributed by atoms with van der Waals surface area (Å²) in [6.45, 7) is 11.6. The van der Waals surface area contributed by atoms with Gasteiger partial charge < -0.3 is 4.74 Å². The number of rotatable bonds is 6. The van der Waals surface area contributed by atoms with Crippen molar-refractivity contribution in [2.45, 2.75) is 13.8 Å². The molecule has 11 heavy (non-hydrogen) atoms. The van der Waals surface area contributed by atoms with Crippen molar-refractivity contribution in [1.29, 1.82) is 0 Å². The largest absolute Gasteiger partial charge is 0.448 e. The Labute approximate surface area is 67.6 Å². The molecule has 0 aromatic rings. The predicted octanol–water partition coefficient (Wildman–Crippen LogP) is 1.79. The lowest BCUT2D eigenvalue weighted by molar-refractivity contribution is 0.0157. The van der Waals surface area contributed by atoms with Crippen molar-refractivity contribution in [3.63, 3.8) is 0 Å². The Morgan fingerprint density at radius 2 is 2.27 bits per heavy atom. The Hall–Kier alpha value is -0.960. The van der Waals surface area contributed by atoms with E-state index in [0.717, 1.165) is 0 Å². The van der Waals surface area contributed by atoms with Gasteiger partial charge in [-0.1, -0.05) is 20.4 Å². The van der Waals surface area contributed by atoms with E-state index in [1.807, 2.05) is 0 Å². The van der Waals surface area contributed by atoms with Crippen molar-refractivity contribution >= 4 is 0 Å². The van der Waals surface area contributed by atoms with Gasteiger partial charge in [-0.3, -0.25) is 4.84 Å². The van der Waals surface area contributed by atoms with Gasteiger partial charge in [-0.15, -0.1) is 0 Å². The molecule has 0 spiro atoms. The fourth-order valence-corrected chi connectivity index (χ4v) is 0.413. The molecular weight excluding hydrogens is 142 g/mol. The van der Waals surface area contributed by atoms with E-state index < -0.39 is 0 Å². The lowest BCUT2D eigenvalue weighted by Crippen LogP contribution is -2.17. The van der Waals surface area contributed by atoms with Crippen molar-refractivity contribution in [3.8, 4) is 0 Å². The summed E-state index contributed by atoms with van der Waals surface area (Å²) in [6, 6.07) is 0. The van der Waals surface area contributed by atoms with Gasteiger partial charge in [-0.2, -0.15) is 0 Å². The van der Waals surface area contributed by atoms with Gasteiger partial charge >= 0.3 is 0 Å². The second-order valence-corrected chi connectivity index (χ2v) is 2.51. The Balaban J connectivity index is 3.24. The number of hydroxylamine groups is 1. The molecule has 1 N–H and O–H groups in total. The molecule has 0 bridgehead atoms. The summed E-state index contributed by atoms with van der Waals surface area (Å²) in [5, 5.41) is 0. The third kappa shape index (κ3) is 6.93. The molecular formula is C8H15NO2. The molecule has 0 fully saturated rings. The summed E-state index contributed by atoms with van der Waals surface area (Å²) in [5.74, 6) is 0.833. The topological polar surface area (TPSA) is 30.5 Å². The van der Waals surface area contributed by atoms with Gasteiger partial charge in [0.2, 0.25) is 5.88 Å². The zero-order valence-electron chi connectivity index (χ0n) is 7.09. The molecule has 0 rings (SSSR count). The van der Waals surface area contributed by atoms with E-state index in [1.165, 1.54) is 6.26 Å². The standard InChI is InChI=1S/C8H15NO2/c1-5-10-8(4)9-11-6-7(2)3/h5,7,9H,1,4,6H2,2-3H3. The molecule has 0 radical (unpaired) electrons. The van der Waals surface area contributed by atoms with Gasteiger partial charge in [0.05, 0.1) is 12.9 Å². The Morgan fingerprint density at radius 3 is 2.73 bits per heavy atom. The SMILES string of the molecule is C=COC(=C)NOCC(C)C. The van der Waals surface area contributed by atoms with Crippen LogP contribution in [0.25, 0.3) is 0 Å². The van der Waals surface area contributed by atoms with Gasteiger partial charge in [0.15, 0.2) is 0 Å². The van der Waals surface area contributed by atoms with Crippen molar-refractivity contribution in [2.75, 3.05) is 6.61 Å². The smallest absolute Gasteiger partial charge is 0.208 e. The summed E-state index contributed by atoms with van der Waals surface area (Å²) < 4.78 is 4.76. The highest BCUT2D eigenvalue weighted by atomic mass is 16.7. The quantitative estimate of drug-likeness (QED) is 0.471. The van der Waals surface area contributed by atoms with E-state index in [-0.39, 0.29) is 0 Å². The molecule has 0 heterocycles. The highest BCUT2D eigenvalue weighted by Crippen LogP contribution is 1.92. The van der Waals surface area contributed by atoms with Crippen molar-refractivity contribution in [1.82, 2.24) is 5.48 Å². The maximum absolute atomic E-state index is 4.99. The van der Waals surface area contributed by atoms with Gasteiger partial charge in [-0.05, 0) is 12.5 Å². The summed E-state index contributed by atoms with van der Waals surface area (Å²) in [5.41, 5.74) is 2.53. The summed E-state index contributed by atoms with van der Waals surface area (Å²) in [4.78, 5) is 4.99. The van der Waals surface area contributed by atoms with Crippen LogP contribution >= 0.6 is 0 Å². The van der Waals surface area contributed by atoms with Crippen LogP contribution < -0.4 is 5.48 Å². The third-order valence-corrected chi connectivity index (χ3v) is 0.828. The second-order valence-electron chi connectivity index (χ2n) is 2.51. The van der Waals surface area contributed by atoms with Crippen LogP contribution in [0, 0.1) is 5.92 Å². The number of hydrogen-bond donors (Lipinski definition) is 1. The Morgan fingerprint density at radius 1 is 1.64 bits per heavy atom. The van der Waals surface area contributed by atoms with Crippen LogP contribution in [0.3, 0.4) is 0 Å². The molecule has 0 aliphatic rings.